The highest BCUT2D eigenvalue weighted by Gasteiger charge is 2.46. The molecule has 1 aromatic carbocycles. The van der Waals surface area contributed by atoms with Crippen LogP contribution in [0.4, 0.5) is 0 Å². The van der Waals surface area contributed by atoms with Crippen LogP contribution in [0, 0.1) is 5.41 Å². The van der Waals surface area contributed by atoms with Crippen LogP contribution in [0.15, 0.2) is 29.2 Å². The molecule has 0 atom stereocenters. The predicted molar refractivity (Wildman–Crippen MR) is 81.1 cm³/mol. The number of hydrogen-bond donors (Lipinski definition) is 0. The lowest BCUT2D eigenvalue weighted by Crippen LogP contribution is -2.60. The number of amides is 1. The first-order chi connectivity index (χ1) is 10.5. The van der Waals surface area contributed by atoms with Crippen LogP contribution in [0.1, 0.15) is 12.8 Å². The van der Waals surface area contributed by atoms with Crippen LogP contribution in [0.5, 0.6) is 5.75 Å². The van der Waals surface area contributed by atoms with Gasteiger partial charge in [-0.1, -0.05) is 0 Å². The number of methoxy groups -OCH3 is 1. The number of carbonyl (C=O) groups excluding carboxylic acids is 1. The third-order valence-electron chi connectivity index (χ3n) is 4.71. The molecular formula is C15H20N2O4S. The SMILES string of the molecule is COc1ccc(S(=O)(=O)N2CCC3(CC2)CN(C=O)C3)cc1. The van der Waals surface area contributed by atoms with Gasteiger partial charge >= 0.3 is 0 Å². The molecule has 0 aliphatic carbocycles. The number of sulfonamides is 1. The first-order valence-electron chi connectivity index (χ1n) is 7.33. The van der Waals surface area contributed by atoms with E-state index in [0.717, 1.165) is 32.3 Å². The maximum Gasteiger partial charge on any atom is 0.243 e. The summed E-state index contributed by atoms with van der Waals surface area (Å²) in [5.41, 5.74) is 0.132. The van der Waals surface area contributed by atoms with E-state index in [9.17, 15) is 13.2 Å². The zero-order valence-corrected chi connectivity index (χ0v) is 13.4. The van der Waals surface area contributed by atoms with E-state index in [4.69, 9.17) is 4.74 Å². The second-order valence-corrected chi connectivity index (χ2v) is 8.03. The van der Waals surface area contributed by atoms with Crippen LogP contribution < -0.4 is 4.74 Å². The number of ether oxygens (including phenoxy) is 1. The Labute approximate surface area is 130 Å². The van der Waals surface area contributed by atoms with Crippen molar-refractivity contribution in [1.82, 2.24) is 9.21 Å². The van der Waals surface area contributed by atoms with Gasteiger partial charge in [0.05, 0.1) is 12.0 Å². The molecule has 0 unspecified atom stereocenters. The van der Waals surface area contributed by atoms with Crippen molar-refractivity contribution in [2.45, 2.75) is 17.7 Å². The second kappa shape index (κ2) is 5.55. The molecule has 120 valence electrons. The van der Waals surface area contributed by atoms with E-state index in [2.05, 4.69) is 0 Å². The normalized spacial score (nSPS) is 21.4. The van der Waals surface area contributed by atoms with Crippen molar-refractivity contribution in [2.75, 3.05) is 33.3 Å². The standard InChI is InChI=1S/C15H20N2O4S/c1-21-13-2-4-14(5-3-13)22(19,20)17-8-6-15(7-9-17)10-16(11-15)12-18/h2-5,12H,6-11H2,1H3. The van der Waals surface area contributed by atoms with Gasteiger partial charge in [0.1, 0.15) is 5.75 Å². The molecular weight excluding hydrogens is 304 g/mol. The number of carbonyl (C=O) groups is 1. The summed E-state index contributed by atoms with van der Waals surface area (Å²) in [6, 6.07) is 6.48. The highest BCUT2D eigenvalue weighted by Crippen LogP contribution is 2.40. The molecule has 1 amide bonds. The van der Waals surface area contributed by atoms with Crippen LogP contribution in [0.3, 0.4) is 0 Å². The molecule has 2 aliphatic heterocycles. The highest BCUT2D eigenvalue weighted by molar-refractivity contribution is 7.89. The number of benzene rings is 1. The Kier molecular flexibility index (Phi) is 3.86. The summed E-state index contributed by atoms with van der Waals surface area (Å²) in [5.74, 6) is 0.639. The molecule has 7 heteroatoms. The van der Waals surface area contributed by atoms with Crippen molar-refractivity contribution < 1.29 is 17.9 Å². The maximum absolute atomic E-state index is 12.6. The second-order valence-electron chi connectivity index (χ2n) is 6.09. The molecule has 0 N–H and O–H groups in total. The average molecular weight is 324 g/mol. The van der Waals surface area contributed by atoms with Crippen LogP contribution in [-0.4, -0.2) is 57.3 Å². The highest BCUT2D eigenvalue weighted by atomic mass is 32.2. The quantitative estimate of drug-likeness (QED) is 0.773. The minimum Gasteiger partial charge on any atom is -0.497 e. The van der Waals surface area contributed by atoms with Gasteiger partial charge in [0.2, 0.25) is 16.4 Å². The molecule has 2 fully saturated rings. The van der Waals surface area contributed by atoms with Gasteiger partial charge in [0.25, 0.3) is 0 Å². The van der Waals surface area contributed by atoms with Crippen molar-refractivity contribution in [3.8, 4) is 5.75 Å². The van der Waals surface area contributed by atoms with Crippen molar-refractivity contribution in [3.05, 3.63) is 24.3 Å². The molecule has 1 spiro atoms. The van der Waals surface area contributed by atoms with Crippen LogP contribution in [-0.2, 0) is 14.8 Å². The van der Waals surface area contributed by atoms with E-state index in [1.165, 1.54) is 0 Å². The smallest absolute Gasteiger partial charge is 0.243 e. The number of rotatable bonds is 4. The Bertz CT molecular complexity index is 641. The zero-order valence-electron chi connectivity index (χ0n) is 12.6. The minimum atomic E-state index is -3.45. The lowest BCUT2D eigenvalue weighted by molar-refractivity contribution is -0.131. The lowest BCUT2D eigenvalue weighted by Gasteiger charge is -2.52. The molecule has 1 aromatic rings. The maximum atomic E-state index is 12.6. The monoisotopic (exact) mass is 324 g/mol. The molecule has 3 rings (SSSR count). The number of piperidine rings is 1. The van der Waals surface area contributed by atoms with Crippen LogP contribution in [0.25, 0.3) is 0 Å². The van der Waals surface area contributed by atoms with Crippen LogP contribution >= 0.6 is 0 Å². The molecule has 2 aliphatic rings. The Morgan fingerprint density at radius 3 is 2.23 bits per heavy atom. The third kappa shape index (κ3) is 2.59. The van der Waals surface area contributed by atoms with Gasteiger partial charge in [0, 0.05) is 31.6 Å². The predicted octanol–water partition coefficient (Wildman–Crippen LogP) is 0.938. The topological polar surface area (TPSA) is 66.9 Å². The summed E-state index contributed by atoms with van der Waals surface area (Å²) >= 11 is 0. The lowest BCUT2D eigenvalue weighted by atomic mass is 9.73. The molecule has 2 heterocycles. The summed E-state index contributed by atoms with van der Waals surface area (Å²) in [7, 11) is -1.90. The van der Waals surface area contributed by atoms with Crippen LogP contribution in [0.2, 0.25) is 0 Å². The van der Waals surface area contributed by atoms with Gasteiger partial charge in [-0.15, -0.1) is 0 Å². The molecule has 0 aromatic heterocycles. The van der Waals surface area contributed by atoms with E-state index in [-0.39, 0.29) is 5.41 Å². The third-order valence-corrected chi connectivity index (χ3v) is 6.62. The summed E-state index contributed by atoms with van der Waals surface area (Å²) in [4.78, 5) is 12.7. The van der Waals surface area contributed by atoms with E-state index in [1.807, 2.05) is 0 Å². The average Bonchev–Trinajstić information content (AvgIpc) is 2.52. The van der Waals surface area contributed by atoms with Crippen molar-refractivity contribution in [3.63, 3.8) is 0 Å². The molecule has 22 heavy (non-hydrogen) atoms. The number of hydrogen-bond acceptors (Lipinski definition) is 4. The zero-order chi connectivity index (χ0) is 15.8. The fraction of sp³-hybridized carbons (Fsp3) is 0.533. The fourth-order valence-corrected chi connectivity index (χ4v) is 4.75. The van der Waals surface area contributed by atoms with Gasteiger partial charge in [-0.05, 0) is 37.1 Å². The molecule has 0 radical (unpaired) electrons. The molecule has 2 saturated heterocycles. The largest absolute Gasteiger partial charge is 0.497 e. The Morgan fingerprint density at radius 2 is 1.73 bits per heavy atom. The fourth-order valence-electron chi connectivity index (χ4n) is 3.30. The minimum absolute atomic E-state index is 0.132. The van der Waals surface area contributed by atoms with E-state index in [0.29, 0.717) is 23.7 Å². The molecule has 0 bridgehead atoms. The number of likely N-dealkylation sites (tertiary alicyclic amines) is 1. The van der Waals surface area contributed by atoms with Crippen molar-refractivity contribution >= 4 is 16.4 Å². The van der Waals surface area contributed by atoms with Crippen molar-refractivity contribution in [1.29, 1.82) is 0 Å². The van der Waals surface area contributed by atoms with E-state index >= 15 is 0 Å². The first-order valence-corrected chi connectivity index (χ1v) is 8.77. The van der Waals surface area contributed by atoms with E-state index < -0.39 is 10.0 Å². The Morgan fingerprint density at radius 1 is 1.14 bits per heavy atom. The van der Waals surface area contributed by atoms with E-state index in [1.54, 1.807) is 40.6 Å². The van der Waals surface area contributed by atoms with Gasteiger partial charge in [-0.3, -0.25) is 4.79 Å². The van der Waals surface area contributed by atoms with Gasteiger partial charge in [0.15, 0.2) is 0 Å². The first kappa shape index (κ1) is 15.3. The van der Waals surface area contributed by atoms with Gasteiger partial charge in [-0.25, -0.2) is 8.42 Å². The summed E-state index contributed by atoms with van der Waals surface area (Å²) in [6.07, 6.45) is 2.49. The van der Waals surface area contributed by atoms with Gasteiger partial charge in [-0.2, -0.15) is 4.31 Å². The Hall–Kier alpha value is -1.60. The molecule has 0 saturated carbocycles. The summed E-state index contributed by atoms with van der Waals surface area (Å²) < 4.78 is 31.9. The molecule has 6 nitrogen and oxygen atoms in total. The number of nitrogens with zero attached hydrogens (tertiary/aromatic N) is 2. The summed E-state index contributed by atoms with van der Waals surface area (Å²) in [5, 5.41) is 0. The van der Waals surface area contributed by atoms with Crippen molar-refractivity contribution in [2.24, 2.45) is 5.41 Å². The summed E-state index contributed by atoms with van der Waals surface area (Å²) in [6.45, 7) is 2.54. The Balaban J connectivity index is 1.68. The van der Waals surface area contributed by atoms with Gasteiger partial charge < -0.3 is 9.64 Å².